The number of hydrogen-bond acceptors (Lipinski definition) is 3. The van der Waals surface area contributed by atoms with Crippen LogP contribution in [0.15, 0.2) is 29.2 Å². The molecule has 4 nitrogen and oxygen atoms in total. The second-order valence-electron chi connectivity index (χ2n) is 5.87. The maximum Gasteiger partial charge on any atom is 0.243 e. The fraction of sp³-hybridized carbons (Fsp3) is 0.571. The van der Waals surface area contributed by atoms with Crippen LogP contribution in [0.25, 0.3) is 0 Å². The Balaban J connectivity index is 1.81. The fourth-order valence-electron chi connectivity index (χ4n) is 3.38. The molecule has 1 unspecified atom stereocenters. The lowest BCUT2D eigenvalue weighted by Gasteiger charge is -2.28. The van der Waals surface area contributed by atoms with Crippen LogP contribution in [0.1, 0.15) is 19.3 Å². The van der Waals surface area contributed by atoms with Gasteiger partial charge in [-0.1, -0.05) is 0 Å². The highest BCUT2D eigenvalue weighted by molar-refractivity contribution is 14.1. The van der Waals surface area contributed by atoms with E-state index in [9.17, 15) is 8.42 Å². The van der Waals surface area contributed by atoms with Crippen molar-refractivity contribution in [1.82, 2.24) is 4.31 Å². The molecule has 0 spiro atoms. The molecule has 20 heavy (non-hydrogen) atoms. The first-order valence-electron chi connectivity index (χ1n) is 6.98. The first-order valence-corrected chi connectivity index (χ1v) is 9.50. The van der Waals surface area contributed by atoms with Gasteiger partial charge in [0.05, 0.1) is 4.90 Å². The molecule has 0 aromatic heterocycles. The van der Waals surface area contributed by atoms with Gasteiger partial charge < -0.3 is 5.73 Å². The molecule has 1 saturated heterocycles. The lowest BCUT2D eigenvalue weighted by Crippen LogP contribution is -2.32. The largest absolute Gasteiger partial charge is 0.328 e. The van der Waals surface area contributed by atoms with Crippen molar-refractivity contribution in [3.05, 3.63) is 27.8 Å². The minimum Gasteiger partial charge on any atom is -0.328 e. The lowest BCUT2D eigenvalue weighted by molar-refractivity contribution is 0.271. The number of rotatable bonds is 2. The zero-order chi connectivity index (χ0) is 14.3. The SMILES string of the molecule is NC1CC[C@@H]2CN(S(=O)(=O)c3ccc(I)cc3)C[C@@H]2C1. The molecule has 2 N–H and O–H groups in total. The summed E-state index contributed by atoms with van der Waals surface area (Å²) in [6, 6.07) is 7.33. The van der Waals surface area contributed by atoms with Crippen molar-refractivity contribution in [2.24, 2.45) is 17.6 Å². The fourth-order valence-corrected chi connectivity index (χ4v) is 5.29. The molecule has 3 rings (SSSR count). The van der Waals surface area contributed by atoms with Crippen molar-refractivity contribution in [2.45, 2.75) is 30.2 Å². The number of nitrogens with two attached hydrogens (primary N) is 1. The maximum atomic E-state index is 12.7. The van der Waals surface area contributed by atoms with E-state index in [-0.39, 0.29) is 6.04 Å². The van der Waals surface area contributed by atoms with Crippen LogP contribution in [0.4, 0.5) is 0 Å². The second-order valence-corrected chi connectivity index (χ2v) is 9.05. The van der Waals surface area contributed by atoms with E-state index in [1.165, 1.54) is 0 Å². The van der Waals surface area contributed by atoms with E-state index in [0.29, 0.717) is 29.8 Å². The number of sulfonamides is 1. The third kappa shape index (κ3) is 2.75. The van der Waals surface area contributed by atoms with E-state index in [2.05, 4.69) is 22.6 Å². The lowest BCUT2D eigenvalue weighted by atomic mass is 9.79. The van der Waals surface area contributed by atoms with Crippen LogP contribution in [-0.4, -0.2) is 31.9 Å². The molecule has 0 amide bonds. The number of hydrogen-bond donors (Lipinski definition) is 1. The Morgan fingerprint density at radius 1 is 1.10 bits per heavy atom. The van der Waals surface area contributed by atoms with Gasteiger partial charge in [0.15, 0.2) is 0 Å². The number of halogens is 1. The van der Waals surface area contributed by atoms with Crippen molar-refractivity contribution >= 4 is 32.6 Å². The molecule has 6 heteroatoms. The van der Waals surface area contributed by atoms with Crippen LogP contribution in [-0.2, 0) is 10.0 Å². The highest BCUT2D eigenvalue weighted by atomic mass is 127. The number of nitrogens with zero attached hydrogens (tertiary/aromatic N) is 1. The van der Waals surface area contributed by atoms with Gasteiger partial charge in [0.25, 0.3) is 0 Å². The third-order valence-corrected chi connectivity index (χ3v) is 7.07. The van der Waals surface area contributed by atoms with Crippen molar-refractivity contribution in [3.8, 4) is 0 Å². The third-order valence-electron chi connectivity index (χ3n) is 4.51. The van der Waals surface area contributed by atoms with Crippen molar-refractivity contribution in [1.29, 1.82) is 0 Å². The maximum absolute atomic E-state index is 12.7. The average molecular weight is 406 g/mol. The van der Waals surface area contributed by atoms with Crippen LogP contribution in [0.3, 0.4) is 0 Å². The molecular formula is C14H19IN2O2S. The average Bonchev–Trinajstić information content (AvgIpc) is 2.83. The highest BCUT2D eigenvalue weighted by Crippen LogP contribution is 2.37. The predicted molar refractivity (Wildman–Crippen MR) is 86.7 cm³/mol. The van der Waals surface area contributed by atoms with Crippen molar-refractivity contribution < 1.29 is 8.42 Å². The molecule has 1 heterocycles. The van der Waals surface area contributed by atoms with E-state index in [1.807, 2.05) is 12.1 Å². The number of fused-ring (bicyclic) bond motifs is 1. The summed E-state index contributed by atoms with van der Waals surface area (Å²) in [6.45, 7) is 1.29. The summed E-state index contributed by atoms with van der Waals surface area (Å²) in [6.07, 6.45) is 3.05. The standard InChI is InChI=1S/C14H19IN2O2S/c15-12-2-5-14(6-3-12)20(18,19)17-8-10-1-4-13(16)7-11(10)9-17/h2-3,5-6,10-11,13H,1,4,7-9,16H2/t10-,11+,13?/m1/s1. The highest BCUT2D eigenvalue weighted by Gasteiger charge is 2.41. The van der Waals surface area contributed by atoms with Gasteiger partial charge in [-0.15, -0.1) is 0 Å². The molecular weight excluding hydrogens is 387 g/mol. The Bertz CT molecular complexity index is 588. The summed E-state index contributed by atoms with van der Waals surface area (Å²) in [5, 5.41) is 0. The molecule has 1 aliphatic heterocycles. The molecule has 0 radical (unpaired) electrons. The first-order chi connectivity index (χ1) is 9.46. The van der Waals surface area contributed by atoms with Crippen molar-refractivity contribution in [3.63, 3.8) is 0 Å². The van der Waals surface area contributed by atoms with E-state index in [4.69, 9.17) is 5.73 Å². The summed E-state index contributed by atoms with van der Waals surface area (Å²) >= 11 is 2.18. The van der Waals surface area contributed by atoms with Gasteiger partial charge in [0, 0.05) is 22.7 Å². The van der Waals surface area contributed by atoms with Gasteiger partial charge in [-0.25, -0.2) is 8.42 Å². The van der Waals surface area contributed by atoms with Gasteiger partial charge >= 0.3 is 0 Å². The molecule has 1 aliphatic carbocycles. The minimum atomic E-state index is -3.34. The summed E-state index contributed by atoms with van der Waals surface area (Å²) in [5.41, 5.74) is 6.00. The van der Waals surface area contributed by atoms with E-state index in [1.54, 1.807) is 16.4 Å². The molecule has 1 aromatic rings. The van der Waals surface area contributed by atoms with E-state index >= 15 is 0 Å². The summed E-state index contributed by atoms with van der Waals surface area (Å²) in [5.74, 6) is 0.936. The second kappa shape index (κ2) is 5.55. The Morgan fingerprint density at radius 2 is 1.75 bits per heavy atom. The molecule has 3 atom stereocenters. The van der Waals surface area contributed by atoms with Gasteiger partial charge in [0.1, 0.15) is 0 Å². The molecule has 1 aromatic carbocycles. The Morgan fingerprint density at radius 3 is 2.45 bits per heavy atom. The Labute approximate surface area is 133 Å². The predicted octanol–water partition coefficient (Wildman–Crippen LogP) is 2.04. The summed E-state index contributed by atoms with van der Waals surface area (Å²) in [4.78, 5) is 0.404. The molecule has 2 aliphatic rings. The zero-order valence-corrected chi connectivity index (χ0v) is 14.2. The van der Waals surface area contributed by atoms with Gasteiger partial charge in [-0.3, -0.25) is 0 Å². The van der Waals surface area contributed by atoms with Crippen molar-refractivity contribution in [2.75, 3.05) is 13.1 Å². The molecule has 110 valence electrons. The van der Waals surface area contributed by atoms with E-state index in [0.717, 1.165) is 22.8 Å². The first kappa shape index (κ1) is 14.7. The monoisotopic (exact) mass is 406 g/mol. The number of benzene rings is 1. The van der Waals surface area contributed by atoms with Crippen LogP contribution in [0.5, 0.6) is 0 Å². The zero-order valence-electron chi connectivity index (χ0n) is 11.2. The summed E-state index contributed by atoms with van der Waals surface area (Å²) < 4.78 is 28.0. The molecule has 2 fully saturated rings. The van der Waals surface area contributed by atoms with Crippen LogP contribution >= 0.6 is 22.6 Å². The van der Waals surface area contributed by atoms with Gasteiger partial charge in [-0.05, 0) is 78.0 Å². The van der Waals surface area contributed by atoms with Crippen LogP contribution in [0.2, 0.25) is 0 Å². The van der Waals surface area contributed by atoms with Gasteiger partial charge in [0.2, 0.25) is 10.0 Å². The topological polar surface area (TPSA) is 63.4 Å². The van der Waals surface area contributed by atoms with Gasteiger partial charge in [-0.2, -0.15) is 4.31 Å². The minimum absolute atomic E-state index is 0.247. The van der Waals surface area contributed by atoms with Crippen LogP contribution in [0, 0.1) is 15.4 Å². The Hall–Kier alpha value is -0.180. The van der Waals surface area contributed by atoms with Crippen LogP contribution < -0.4 is 5.73 Å². The van der Waals surface area contributed by atoms with E-state index < -0.39 is 10.0 Å². The Kier molecular flexibility index (Phi) is 4.09. The normalized spacial score (nSPS) is 31.2. The quantitative estimate of drug-likeness (QED) is 0.765. The summed E-state index contributed by atoms with van der Waals surface area (Å²) in [7, 11) is -3.34. The smallest absolute Gasteiger partial charge is 0.243 e. The molecule has 1 saturated carbocycles. The molecule has 0 bridgehead atoms.